The molecular formula is C30H35BrFN3O5S. The van der Waals surface area contributed by atoms with E-state index in [1.807, 2.05) is 45.0 Å². The zero-order valence-electron chi connectivity index (χ0n) is 23.5. The summed E-state index contributed by atoms with van der Waals surface area (Å²) < 4.78 is 48.7. The fraction of sp³-hybridized carbons (Fsp3) is 0.333. The first-order chi connectivity index (χ1) is 19.5. The predicted molar refractivity (Wildman–Crippen MR) is 161 cm³/mol. The van der Waals surface area contributed by atoms with Crippen molar-refractivity contribution in [2.24, 2.45) is 0 Å². The molecule has 0 aliphatic heterocycles. The molecule has 0 aliphatic rings. The van der Waals surface area contributed by atoms with Crippen LogP contribution in [0, 0.1) is 5.82 Å². The average Bonchev–Trinajstić information content (AvgIpc) is 2.95. The number of rotatable bonds is 13. The molecule has 2 atom stereocenters. The van der Waals surface area contributed by atoms with Crippen LogP contribution in [0.15, 0.2) is 82.2 Å². The van der Waals surface area contributed by atoms with E-state index in [1.165, 1.54) is 41.3 Å². The molecule has 0 saturated carbocycles. The van der Waals surface area contributed by atoms with Crippen molar-refractivity contribution >= 4 is 43.5 Å². The predicted octanol–water partition coefficient (Wildman–Crippen LogP) is 5.51. The summed E-state index contributed by atoms with van der Waals surface area (Å²) in [7, 11) is -4.28. The minimum Gasteiger partial charge on any atom is -0.494 e. The molecule has 2 unspecified atom stereocenters. The van der Waals surface area contributed by atoms with Gasteiger partial charge in [-0.15, -0.1) is 0 Å². The van der Waals surface area contributed by atoms with Gasteiger partial charge in [-0.2, -0.15) is 0 Å². The fourth-order valence-corrected chi connectivity index (χ4v) is 5.88. The number of nitrogens with zero attached hydrogens (tertiary/aromatic N) is 2. The third-order valence-corrected chi connectivity index (χ3v) is 8.81. The summed E-state index contributed by atoms with van der Waals surface area (Å²) in [6, 6.07) is 17.0. The molecule has 8 nitrogen and oxygen atoms in total. The van der Waals surface area contributed by atoms with Crippen LogP contribution in [0.1, 0.15) is 39.7 Å². The van der Waals surface area contributed by atoms with E-state index in [9.17, 15) is 22.4 Å². The van der Waals surface area contributed by atoms with Crippen LogP contribution < -0.4 is 14.4 Å². The molecule has 0 aliphatic carbocycles. The first-order valence-corrected chi connectivity index (χ1v) is 15.5. The molecule has 3 aromatic carbocycles. The molecule has 2 amide bonds. The first kappa shape index (κ1) is 32.1. The van der Waals surface area contributed by atoms with Crippen LogP contribution in [0.5, 0.6) is 5.75 Å². The Morgan fingerprint density at radius 1 is 1.00 bits per heavy atom. The lowest BCUT2D eigenvalue weighted by molar-refractivity contribution is -0.139. The highest BCUT2D eigenvalue weighted by Crippen LogP contribution is 2.26. The lowest BCUT2D eigenvalue weighted by Gasteiger charge is -2.32. The molecule has 41 heavy (non-hydrogen) atoms. The summed E-state index contributed by atoms with van der Waals surface area (Å²) in [5, 5.41) is 2.90. The molecular weight excluding hydrogens is 613 g/mol. The minimum absolute atomic E-state index is 0.0632. The Morgan fingerprint density at radius 3 is 2.24 bits per heavy atom. The van der Waals surface area contributed by atoms with Gasteiger partial charge in [0, 0.05) is 17.1 Å². The number of amides is 2. The van der Waals surface area contributed by atoms with Crippen molar-refractivity contribution in [2.75, 3.05) is 17.5 Å². The maximum absolute atomic E-state index is 13.9. The molecule has 3 aromatic rings. The van der Waals surface area contributed by atoms with Crippen LogP contribution in [0.25, 0.3) is 0 Å². The maximum atomic E-state index is 13.9. The number of carbonyl (C=O) groups is 2. The van der Waals surface area contributed by atoms with Gasteiger partial charge < -0.3 is 15.0 Å². The largest absolute Gasteiger partial charge is 0.494 e. The monoisotopic (exact) mass is 647 g/mol. The number of hydrogen-bond donors (Lipinski definition) is 1. The van der Waals surface area contributed by atoms with Crippen LogP contribution >= 0.6 is 15.9 Å². The number of carbonyl (C=O) groups excluding carboxylic acids is 2. The van der Waals surface area contributed by atoms with E-state index in [0.717, 1.165) is 26.5 Å². The molecule has 0 fully saturated rings. The molecule has 0 aromatic heterocycles. The van der Waals surface area contributed by atoms with E-state index in [2.05, 4.69) is 21.2 Å². The summed E-state index contributed by atoms with van der Waals surface area (Å²) in [5.74, 6) is -1.01. The quantitative estimate of drug-likeness (QED) is 0.264. The van der Waals surface area contributed by atoms with Gasteiger partial charge in [-0.05, 0) is 93.4 Å². The highest BCUT2D eigenvalue weighted by Gasteiger charge is 2.33. The number of halogens is 2. The fourth-order valence-electron chi connectivity index (χ4n) is 4.02. The Morgan fingerprint density at radius 2 is 1.66 bits per heavy atom. The first-order valence-electron chi connectivity index (χ1n) is 13.3. The van der Waals surface area contributed by atoms with Crippen molar-refractivity contribution < 1.29 is 27.1 Å². The van der Waals surface area contributed by atoms with Gasteiger partial charge in [0.25, 0.3) is 10.0 Å². The van der Waals surface area contributed by atoms with Gasteiger partial charge >= 0.3 is 0 Å². The molecule has 0 bridgehead atoms. The molecule has 220 valence electrons. The third kappa shape index (κ3) is 8.53. The van der Waals surface area contributed by atoms with Gasteiger partial charge in [0.1, 0.15) is 24.2 Å². The van der Waals surface area contributed by atoms with Crippen LogP contribution in [0.3, 0.4) is 0 Å². The van der Waals surface area contributed by atoms with E-state index in [1.54, 1.807) is 6.92 Å². The normalized spacial score (nSPS) is 12.7. The lowest BCUT2D eigenvalue weighted by atomic mass is 10.1. The summed E-state index contributed by atoms with van der Waals surface area (Å²) in [5.41, 5.74) is 0.853. The maximum Gasteiger partial charge on any atom is 0.264 e. The third-order valence-electron chi connectivity index (χ3n) is 6.53. The van der Waals surface area contributed by atoms with Gasteiger partial charge in [-0.25, -0.2) is 12.8 Å². The molecule has 0 radical (unpaired) electrons. The molecule has 0 spiro atoms. The zero-order valence-corrected chi connectivity index (χ0v) is 25.9. The Hall–Kier alpha value is -3.44. The highest BCUT2D eigenvalue weighted by molar-refractivity contribution is 9.10. The average molecular weight is 649 g/mol. The van der Waals surface area contributed by atoms with Crippen molar-refractivity contribution in [3.8, 4) is 5.75 Å². The van der Waals surface area contributed by atoms with Crippen molar-refractivity contribution in [3.63, 3.8) is 0 Å². The summed E-state index contributed by atoms with van der Waals surface area (Å²) in [6.45, 7) is 7.09. The van der Waals surface area contributed by atoms with E-state index in [0.29, 0.717) is 18.8 Å². The second-order valence-corrected chi connectivity index (χ2v) is 12.3. The standard InChI is InChI=1S/C30H35BrFN3O5S/c1-5-21(3)33-30(37)22(4)34(19-23-8-7-9-24(31)18-23)29(36)20-35(26-12-10-25(32)11-13-26)41(38,39)28-16-14-27(15-17-28)40-6-2/h7-18,21-22H,5-6,19-20H2,1-4H3,(H,33,37). The molecule has 3 rings (SSSR count). The lowest BCUT2D eigenvalue weighted by Crippen LogP contribution is -2.52. The second-order valence-electron chi connectivity index (χ2n) is 9.54. The van der Waals surface area contributed by atoms with Crippen molar-refractivity contribution in [1.82, 2.24) is 10.2 Å². The van der Waals surface area contributed by atoms with Gasteiger partial charge in [0.15, 0.2) is 0 Å². The van der Waals surface area contributed by atoms with Gasteiger partial charge in [-0.1, -0.05) is 35.0 Å². The van der Waals surface area contributed by atoms with Gasteiger partial charge in [0.2, 0.25) is 11.8 Å². The van der Waals surface area contributed by atoms with Gasteiger partial charge in [-0.3, -0.25) is 13.9 Å². The topological polar surface area (TPSA) is 96.0 Å². The number of nitrogens with one attached hydrogen (secondary N) is 1. The van der Waals surface area contributed by atoms with E-state index in [4.69, 9.17) is 4.74 Å². The molecule has 11 heteroatoms. The number of hydrogen-bond acceptors (Lipinski definition) is 5. The zero-order chi connectivity index (χ0) is 30.2. The smallest absolute Gasteiger partial charge is 0.264 e. The van der Waals surface area contributed by atoms with E-state index < -0.39 is 34.3 Å². The highest BCUT2D eigenvalue weighted by atomic mass is 79.9. The van der Waals surface area contributed by atoms with Crippen molar-refractivity contribution in [1.29, 1.82) is 0 Å². The van der Waals surface area contributed by atoms with Crippen molar-refractivity contribution in [2.45, 2.75) is 57.6 Å². The Balaban J connectivity index is 2.01. The second kappa shape index (κ2) is 14.5. The number of ether oxygens (including phenoxy) is 1. The Labute approximate surface area is 249 Å². The van der Waals surface area contributed by atoms with Crippen LogP contribution in [0.2, 0.25) is 0 Å². The number of sulfonamides is 1. The molecule has 1 N–H and O–H groups in total. The minimum atomic E-state index is -4.28. The molecule has 0 heterocycles. The SMILES string of the molecule is CCOc1ccc(S(=O)(=O)N(CC(=O)N(Cc2cccc(Br)c2)C(C)C(=O)NC(C)CC)c2ccc(F)cc2)cc1. The van der Waals surface area contributed by atoms with E-state index >= 15 is 0 Å². The summed E-state index contributed by atoms with van der Waals surface area (Å²) in [6.07, 6.45) is 0.705. The number of anilines is 1. The van der Waals surface area contributed by atoms with Crippen LogP contribution in [-0.2, 0) is 26.2 Å². The van der Waals surface area contributed by atoms with E-state index in [-0.39, 0.29) is 29.1 Å². The number of benzene rings is 3. The van der Waals surface area contributed by atoms with Gasteiger partial charge in [0.05, 0.1) is 17.2 Å². The summed E-state index contributed by atoms with van der Waals surface area (Å²) in [4.78, 5) is 28.3. The van der Waals surface area contributed by atoms with Crippen LogP contribution in [-0.4, -0.2) is 50.4 Å². The summed E-state index contributed by atoms with van der Waals surface area (Å²) >= 11 is 3.43. The Kier molecular flexibility index (Phi) is 11.3. The van der Waals surface area contributed by atoms with Crippen LogP contribution in [0.4, 0.5) is 10.1 Å². The van der Waals surface area contributed by atoms with Crippen molar-refractivity contribution in [3.05, 3.63) is 88.6 Å². The molecule has 0 saturated heterocycles. The Bertz CT molecular complexity index is 1440.